The number of carboxylic acid groups (broad SMARTS) is 1. The van der Waals surface area contributed by atoms with Gasteiger partial charge in [0.05, 0.1) is 0 Å². The Morgan fingerprint density at radius 3 is 2.50 bits per heavy atom. The van der Waals surface area contributed by atoms with Crippen LogP contribution in [0, 0.1) is 0 Å². The van der Waals surface area contributed by atoms with Gasteiger partial charge in [0, 0.05) is 6.07 Å². The van der Waals surface area contributed by atoms with E-state index >= 15 is 0 Å². The fraction of sp³-hybridized carbons (Fsp3) is 0. The molecule has 0 spiro atoms. The van der Waals surface area contributed by atoms with Crippen molar-refractivity contribution in [2.75, 3.05) is 0 Å². The summed E-state index contributed by atoms with van der Waals surface area (Å²) in [6, 6.07) is 0.989. The van der Waals surface area contributed by atoms with Gasteiger partial charge in [0.2, 0.25) is 5.76 Å². The highest BCUT2D eigenvalue weighted by atomic mass is 79.9. The zero-order valence-corrected chi connectivity index (χ0v) is 7.89. The Labute approximate surface area is 77.8 Å². The predicted molar refractivity (Wildman–Crippen MR) is 42.4 cm³/mol. The van der Waals surface area contributed by atoms with E-state index in [4.69, 9.17) is 9.66 Å². The van der Waals surface area contributed by atoms with Crippen LogP contribution in [0.4, 0.5) is 0 Å². The molecule has 0 saturated heterocycles. The molecule has 0 aromatic carbocycles. The molecule has 5 nitrogen and oxygen atoms in total. The summed E-state index contributed by atoms with van der Waals surface area (Å²) in [5.74, 6) is -1.66. The van der Waals surface area contributed by atoms with Crippen molar-refractivity contribution in [3.63, 3.8) is 0 Å². The highest BCUT2D eigenvalue weighted by Gasteiger charge is 2.17. The molecule has 1 atom stereocenters. The molecule has 12 heavy (non-hydrogen) atoms. The molecule has 0 fully saturated rings. The van der Waals surface area contributed by atoms with Crippen molar-refractivity contribution < 1.29 is 23.1 Å². The molecule has 0 aliphatic heterocycles. The zero-order chi connectivity index (χ0) is 9.30. The van der Waals surface area contributed by atoms with E-state index in [2.05, 4.69) is 20.3 Å². The molecule has 7 heteroatoms. The Bertz CT molecular complexity index is 344. The first kappa shape index (κ1) is 9.43. The summed E-state index contributed by atoms with van der Waals surface area (Å²) in [6.07, 6.45) is 0. The van der Waals surface area contributed by atoms with E-state index < -0.39 is 17.0 Å². The minimum Gasteiger partial charge on any atom is -0.475 e. The maximum absolute atomic E-state index is 10.5. The molecule has 2 N–H and O–H groups in total. The maximum Gasteiger partial charge on any atom is 0.371 e. The predicted octanol–water partition coefficient (Wildman–Crippen LogP) is 1.32. The zero-order valence-electron chi connectivity index (χ0n) is 5.48. The Morgan fingerprint density at radius 1 is 1.67 bits per heavy atom. The quantitative estimate of drug-likeness (QED) is 0.778. The summed E-state index contributed by atoms with van der Waals surface area (Å²) in [6.45, 7) is 0. The third-order valence-corrected chi connectivity index (χ3v) is 2.59. The highest BCUT2D eigenvalue weighted by molar-refractivity contribution is 9.10. The Kier molecular flexibility index (Phi) is 2.65. The molecule has 1 heterocycles. The maximum atomic E-state index is 10.5. The van der Waals surface area contributed by atoms with Crippen LogP contribution in [-0.4, -0.2) is 19.8 Å². The van der Waals surface area contributed by atoms with E-state index in [1.54, 1.807) is 0 Å². The summed E-state index contributed by atoms with van der Waals surface area (Å²) in [4.78, 5) is 10.2. The monoisotopic (exact) mass is 254 g/mol. The van der Waals surface area contributed by atoms with Crippen LogP contribution in [0.1, 0.15) is 10.6 Å². The van der Waals surface area contributed by atoms with Crippen LogP contribution in [-0.2, 0) is 11.1 Å². The summed E-state index contributed by atoms with van der Waals surface area (Å²) in [5, 5.41) is 8.41. The van der Waals surface area contributed by atoms with E-state index in [0.29, 0.717) is 0 Å². The van der Waals surface area contributed by atoms with Crippen molar-refractivity contribution in [1.82, 2.24) is 0 Å². The largest absolute Gasteiger partial charge is 0.475 e. The standard InChI is InChI=1S/C5H3BrO5S/c6-4-3(12(9)10)1-2(11-4)5(7)8/h1H,(H,7,8)(H,9,10). The van der Waals surface area contributed by atoms with E-state index in [1.807, 2.05) is 0 Å². The van der Waals surface area contributed by atoms with Crippen LogP contribution < -0.4 is 0 Å². The van der Waals surface area contributed by atoms with Gasteiger partial charge in [0.15, 0.2) is 15.7 Å². The molecule has 66 valence electrons. The van der Waals surface area contributed by atoms with Gasteiger partial charge in [0.25, 0.3) is 0 Å². The van der Waals surface area contributed by atoms with Gasteiger partial charge in [-0.15, -0.1) is 0 Å². The lowest BCUT2D eigenvalue weighted by Crippen LogP contribution is -1.92. The minimum absolute atomic E-state index is 0.0410. The van der Waals surface area contributed by atoms with E-state index in [-0.39, 0.29) is 15.3 Å². The molecular weight excluding hydrogens is 252 g/mol. The van der Waals surface area contributed by atoms with Crippen LogP contribution in [0.3, 0.4) is 0 Å². The third kappa shape index (κ3) is 1.74. The Hall–Kier alpha value is -0.660. The molecule has 1 unspecified atom stereocenters. The molecule has 0 saturated carbocycles. The van der Waals surface area contributed by atoms with Crippen molar-refractivity contribution in [2.45, 2.75) is 4.90 Å². The Morgan fingerprint density at radius 2 is 2.25 bits per heavy atom. The van der Waals surface area contributed by atoms with Crippen molar-refractivity contribution in [3.05, 3.63) is 16.5 Å². The summed E-state index contributed by atoms with van der Waals surface area (Å²) < 4.78 is 23.6. The molecule has 1 rings (SSSR count). The topological polar surface area (TPSA) is 87.7 Å². The number of furan rings is 1. The first-order valence-electron chi connectivity index (χ1n) is 2.66. The molecule has 0 aliphatic carbocycles. The van der Waals surface area contributed by atoms with Crippen LogP contribution in [0.5, 0.6) is 0 Å². The lowest BCUT2D eigenvalue weighted by Gasteiger charge is -1.84. The second-order valence-electron chi connectivity index (χ2n) is 1.80. The van der Waals surface area contributed by atoms with Crippen molar-refractivity contribution in [2.24, 2.45) is 0 Å². The summed E-state index contributed by atoms with van der Waals surface area (Å²) >= 11 is 0.563. The van der Waals surface area contributed by atoms with Crippen molar-refractivity contribution in [1.29, 1.82) is 0 Å². The number of hydrogen-bond acceptors (Lipinski definition) is 3. The number of hydrogen-bond donors (Lipinski definition) is 2. The van der Waals surface area contributed by atoms with Gasteiger partial charge in [-0.1, -0.05) is 0 Å². The molecule has 0 aliphatic rings. The summed E-state index contributed by atoms with van der Waals surface area (Å²) in [5.41, 5.74) is 0. The smallest absolute Gasteiger partial charge is 0.371 e. The number of carbonyl (C=O) groups is 1. The van der Waals surface area contributed by atoms with E-state index in [1.165, 1.54) is 0 Å². The van der Waals surface area contributed by atoms with Gasteiger partial charge in [-0.25, -0.2) is 9.00 Å². The van der Waals surface area contributed by atoms with Crippen molar-refractivity contribution in [3.8, 4) is 0 Å². The van der Waals surface area contributed by atoms with Gasteiger partial charge < -0.3 is 14.1 Å². The van der Waals surface area contributed by atoms with Gasteiger partial charge in [-0.2, -0.15) is 0 Å². The molecule has 0 radical (unpaired) electrons. The second-order valence-corrected chi connectivity index (χ2v) is 3.46. The van der Waals surface area contributed by atoms with Gasteiger partial charge >= 0.3 is 5.97 Å². The lowest BCUT2D eigenvalue weighted by molar-refractivity contribution is 0.0661. The number of aromatic carboxylic acids is 1. The summed E-state index contributed by atoms with van der Waals surface area (Å²) in [7, 11) is 0. The molecular formula is C5H3BrO5S. The molecule has 1 aromatic heterocycles. The highest BCUT2D eigenvalue weighted by Crippen LogP contribution is 2.23. The number of rotatable bonds is 2. The van der Waals surface area contributed by atoms with Crippen LogP contribution >= 0.6 is 15.9 Å². The van der Waals surface area contributed by atoms with Gasteiger partial charge in [-0.3, -0.25) is 0 Å². The molecule has 1 aromatic rings. The number of halogens is 1. The molecule has 0 bridgehead atoms. The van der Waals surface area contributed by atoms with Crippen molar-refractivity contribution >= 4 is 33.0 Å². The van der Waals surface area contributed by atoms with Crippen LogP contribution in [0.2, 0.25) is 0 Å². The normalized spacial score (nSPS) is 12.8. The fourth-order valence-corrected chi connectivity index (χ4v) is 1.67. The lowest BCUT2D eigenvalue weighted by atomic mass is 10.5. The van der Waals surface area contributed by atoms with Crippen LogP contribution in [0.25, 0.3) is 0 Å². The van der Waals surface area contributed by atoms with Gasteiger partial charge in [0.1, 0.15) is 4.90 Å². The first-order valence-corrected chi connectivity index (χ1v) is 4.56. The van der Waals surface area contributed by atoms with E-state index in [9.17, 15) is 9.00 Å². The molecule has 0 amide bonds. The average Bonchev–Trinajstić information content (AvgIpc) is 2.30. The number of carboxylic acids is 1. The fourth-order valence-electron chi connectivity index (χ4n) is 0.577. The SMILES string of the molecule is O=C(O)c1cc(S(=O)O)c(Br)o1. The van der Waals surface area contributed by atoms with Crippen LogP contribution in [0.15, 0.2) is 20.0 Å². The Balaban J connectivity index is 3.17. The second kappa shape index (κ2) is 3.38. The third-order valence-electron chi connectivity index (χ3n) is 1.05. The van der Waals surface area contributed by atoms with Gasteiger partial charge in [-0.05, 0) is 15.9 Å². The average molecular weight is 255 g/mol. The first-order chi connectivity index (χ1) is 5.52. The van der Waals surface area contributed by atoms with E-state index in [0.717, 1.165) is 6.07 Å². The minimum atomic E-state index is -2.24.